The summed E-state index contributed by atoms with van der Waals surface area (Å²) < 4.78 is 20.8. The third-order valence-corrected chi connectivity index (χ3v) is 6.47. The molecule has 0 spiro atoms. The first-order valence-electron chi connectivity index (χ1n) is 13.1. The Morgan fingerprint density at radius 3 is 2.21 bits per heavy atom. The third kappa shape index (κ3) is 10.0. The normalized spacial score (nSPS) is 11.3. The predicted octanol–water partition coefficient (Wildman–Crippen LogP) is 6.57. The Labute approximate surface area is 226 Å². The lowest BCUT2D eigenvalue weighted by molar-refractivity contribution is -0.154. The molecule has 0 aliphatic carbocycles. The summed E-state index contributed by atoms with van der Waals surface area (Å²) in [5.74, 6) is -0.384. The summed E-state index contributed by atoms with van der Waals surface area (Å²) in [4.78, 5) is 35.9. The van der Waals surface area contributed by atoms with E-state index in [-0.39, 0.29) is 5.97 Å². The van der Waals surface area contributed by atoms with Crippen molar-refractivity contribution in [2.45, 2.75) is 65.7 Å². The van der Waals surface area contributed by atoms with Gasteiger partial charge >= 0.3 is 17.9 Å². The molecule has 0 fully saturated rings. The molecule has 0 aliphatic rings. The molecule has 0 saturated heterocycles. The Kier molecular flexibility index (Phi) is 12.6. The first-order chi connectivity index (χ1) is 18.2. The summed E-state index contributed by atoms with van der Waals surface area (Å²) in [5, 5.41) is 0. The van der Waals surface area contributed by atoms with Gasteiger partial charge in [-0.15, -0.1) is 0 Å². The smallest absolute Gasteiger partial charge is 0.343 e. The number of methoxy groups -OCH3 is 2. The number of rotatable bonds is 15. The van der Waals surface area contributed by atoms with Crippen molar-refractivity contribution < 1.29 is 33.3 Å². The second kappa shape index (κ2) is 15.6. The van der Waals surface area contributed by atoms with Gasteiger partial charge in [-0.25, -0.2) is 9.59 Å². The fraction of sp³-hybridized carbons (Fsp3) is 0.452. The number of hydrogen-bond donors (Lipinski definition) is 0. The molecule has 206 valence electrons. The molecule has 2 aromatic carbocycles. The standard InChI is InChI=1S/C31H40O7/c1-6-31(2,3)30(34)37-21-11-9-7-8-10-12-23-13-17-25(18-14-23)29(33)38-26-19-15-24(22-27(26)35-4)16-20-28(32)36-5/h13-20,22H,6-12,21H2,1-5H3/b20-16+. The van der Waals surface area contributed by atoms with Gasteiger partial charge in [-0.1, -0.05) is 44.4 Å². The molecular formula is C31H40O7. The molecule has 0 amide bonds. The van der Waals surface area contributed by atoms with Crippen molar-refractivity contribution in [3.8, 4) is 11.5 Å². The molecule has 38 heavy (non-hydrogen) atoms. The molecule has 7 heteroatoms. The summed E-state index contributed by atoms with van der Waals surface area (Å²) in [7, 11) is 2.79. The second-order valence-corrected chi connectivity index (χ2v) is 9.74. The molecule has 0 radical (unpaired) electrons. The van der Waals surface area contributed by atoms with Crippen LogP contribution >= 0.6 is 0 Å². The highest BCUT2D eigenvalue weighted by molar-refractivity contribution is 5.91. The van der Waals surface area contributed by atoms with Crippen LogP contribution in [-0.2, 0) is 25.5 Å². The zero-order valence-corrected chi connectivity index (χ0v) is 23.2. The molecule has 0 aliphatic heterocycles. The Morgan fingerprint density at radius 2 is 1.55 bits per heavy atom. The summed E-state index contributed by atoms with van der Waals surface area (Å²) in [6.45, 7) is 6.31. The van der Waals surface area contributed by atoms with Crippen LogP contribution in [0.15, 0.2) is 48.5 Å². The maximum Gasteiger partial charge on any atom is 0.343 e. The van der Waals surface area contributed by atoms with Crippen LogP contribution in [0.1, 0.15) is 80.8 Å². The average molecular weight is 525 g/mol. The van der Waals surface area contributed by atoms with Crippen LogP contribution in [0.5, 0.6) is 11.5 Å². The first kappa shape index (κ1) is 30.6. The van der Waals surface area contributed by atoms with Crippen molar-refractivity contribution in [2.24, 2.45) is 5.41 Å². The van der Waals surface area contributed by atoms with Gasteiger partial charge in [0.15, 0.2) is 11.5 Å². The van der Waals surface area contributed by atoms with E-state index in [1.54, 1.807) is 36.4 Å². The number of unbranched alkanes of at least 4 members (excludes halogenated alkanes) is 4. The molecule has 7 nitrogen and oxygen atoms in total. The van der Waals surface area contributed by atoms with Gasteiger partial charge in [0.1, 0.15) is 0 Å². The third-order valence-electron chi connectivity index (χ3n) is 6.47. The lowest BCUT2D eigenvalue weighted by atomic mass is 9.91. The fourth-order valence-corrected chi connectivity index (χ4v) is 3.54. The van der Waals surface area contributed by atoms with Crippen molar-refractivity contribution in [3.05, 3.63) is 65.2 Å². The lowest BCUT2D eigenvalue weighted by Crippen LogP contribution is -2.26. The van der Waals surface area contributed by atoms with Crippen molar-refractivity contribution >= 4 is 24.0 Å². The second-order valence-electron chi connectivity index (χ2n) is 9.74. The summed E-state index contributed by atoms with van der Waals surface area (Å²) in [6.07, 6.45) is 9.78. The van der Waals surface area contributed by atoms with Crippen LogP contribution in [0.4, 0.5) is 0 Å². The lowest BCUT2D eigenvalue weighted by Gasteiger charge is -2.20. The fourth-order valence-electron chi connectivity index (χ4n) is 3.54. The number of ether oxygens (including phenoxy) is 4. The molecule has 0 N–H and O–H groups in total. The monoisotopic (exact) mass is 524 g/mol. The number of benzene rings is 2. The zero-order chi connectivity index (χ0) is 28.0. The van der Waals surface area contributed by atoms with E-state index in [0.29, 0.717) is 29.2 Å². The van der Waals surface area contributed by atoms with E-state index in [2.05, 4.69) is 4.74 Å². The van der Waals surface area contributed by atoms with Crippen molar-refractivity contribution in [1.82, 2.24) is 0 Å². The Balaban J connectivity index is 1.75. The van der Waals surface area contributed by atoms with Crippen LogP contribution in [0.2, 0.25) is 0 Å². The van der Waals surface area contributed by atoms with Crippen molar-refractivity contribution in [1.29, 1.82) is 0 Å². The topological polar surface area (TPSA) is 88.1 Å². The van der Waals surface area contributed by atoms with Gasteiger partial charge in [0.25, 0.3) is 0 Å². The van der Waals surface area contributed by atoms with Gasteiger partial charge in [-0.05, 0) is 81.0 Å². The maximum atomic E-state index is 12.6. The number of esters is 3. The summed E-state index contributed by atoms with van der Waals surface area (Å²) in [5.41, 5.74) is 1.91. The summed E-state index contributed by atoms with van der Waals surface area (Å²) in [6, 6.07) is 12.4. The van der Waals surface area contributed by atoms with Gasteiger partial charge in [-0.2, -0.15) is 0 Å². The SMILES string of the molecule is CCC(C)(C)C(=O)OCCCCCCCc1ccc(C(=O)Oc2ccc(/C=C/C(=O)OC)cc2OC)cc1. The highest BCUT2D eigenvalue weighted by Gasteiger charge is 2.26. The van der Waals surface area contributed by atoms with E-state index in [1.165, 1.54) is 20.3 Å². The van der Waals surface area contributed by atoms with E-state index < -0.39 is 17.4 Å². The van der Waals surface area contributed by atoms with Crippen LogP contribution < -0.4 is 9.47 Å². The van der Waals surface area contributed by atoms with E-state index >= 15 is 0 Å². The van der Waals surface area contributed by atoms with Crippen LogP contribution in [0.25, 0.3) is 6.08 Å². The quantitative estimate of drug-likeness (QED) is 0.113. The maximum absolute atomic E-state index is 12.6. The molecule has 2 aromatic rings. The van der Waals surface area contributed by atoms with E-state index in [1.807, 2.05) is 32.9 Å². The van der Waals surface area contributed by atoms with E-state index in [4.69, 9.17) is 14.2 Å². The molecular weight excluding hydrogens is 484 g/mol. The van der Waals surface area contributed by atoms with Crippen molar-refractivity contribution in [2.75, 3.05) is 20.8 Å². The number of hydrogen-bond acceptors (Lipinski definition) is 7. The average Bonchev–Trinajstić information content (AvgIpc) is 2.93. The number of carbonyl (C=O) groups excluding carboxylic acids is 3. The van der Waals surface area contributed by atoms with E-state index in [0.717, 1.165) is 50.5 Å². The van der Waals surface area contributed by atoms with Crippen molar-refractivity contribution in [3.63, 3.8) is 0 Å². The minimum absolute atomic E-state index is 0.116. The molecule has 0 atom stereocenters. The van der Waals surface area contributed by atoms with Crippen LogP contribution in [0.3, 0.4) is 0 Å². The van der Waals surface area contributed by atoms with Gasteiger partial charge in [0, 0.05) is 6.08 Å². The molecule has 0 heterocycles. The number of carbonyl (C=O) groups is 3. The minimum atomic E-state index is -0.476. The molecule has 0 saturated carbocycles. The summed E-state index contributed by atoms with van der Waals surface area (Å²) >= 11 is 0. The molecule has 0 unspecified atom stereocenters. The van der Waals surface area contributed by atoms with Gasteiger partial charge < -0.3 is 18.9 Å². The number of aryl methyl sites for hydroxylation is 1. The Hall–Kier alpha value is -3.61. The molecule has 2 rings (SSSR count). The highest BCUT2D eigenvalue weighted by atomic mass is 16.6. The predicted molar refractivity (Wildman–Crippen MR) is 147 cm³/mol. The minimum Gasteiger partial charge on any atom is -0.493 e. The van der Waals surface area contributed by atoms with Crippen LogP contribution in [-0.4, -0.2) is 38.7 Å². The highest BCUT2D eigenvalue weighted by Crippen LogP contribution is 2.29. The first-order valence-corrected chi connectivity index (χ1v) is 13.1. The van der Waals surface area contributed by atoms with E-state index in [9.17, 15) is 14.4 Å². The van der Waals surface area contributed by atoms with Gasteiger partial charge in [0.05, 0.1) is 31.8 Å². The zero-order valence-electron chi connectivity index (χ0n) is 23.2. The van der Waals surface area contributed by atoms with Crippen LogP contribution in [0, 0.1) is 5.41 Å². The molecule has 0 bridgehead atoms. The Bertz CT molecular complexity index is 1080. The largest absolute Gasteiger partial charge is 0.493 e. The Morgan fingerprint density at radius 1 is 0.868 bits per heavy atom. The molecule has 0 aromatic heterocycles. The van der Waals surface area contributed by atoms with Gasteiger partial charge in [0.2, 0.25) is 0 Å². The van der Waals surface area contributed by atoms with Gasteiger partial charge in [-0.3, -0.25) is 4.79 Å².